The molecule has 0 atom stereocenters. The largest absolute Gasteiger partial charge is 0.494 e. The molecule has 0 saturated heterocycles. The average molecular weight is 276 g/mol. The minimum Gasteiger partial charge on any atom is -0.494 e. The van der Waals surface area contributed by atoms with Crippen LogP contribution in [0.2, 0.25) is 0 Å². The molecule has 5 heteroatoms. The Kier molecular flexibility index (Phi) is 4.61. The first-order valence-corrected chi connectivity index (χ1v) is 6.99. The molecule has 1 N–H and O–H groups in total. The van der Waals surface area contributed by atoms with Crippen molar-refractivity contribution < 1.29 is 14.6 Å². The number of benzene rings is 1. The number of nitrogens with zero attached hydrogens (tertiary/aromatic N) is 2. The summed E-state index contributed by atoms with van der Waals surface area (Å²) in [6.45, 7) is 5.51. The van der Waals surface area contributed by atoms with Crippen molar-refractivity contribution in [3.05, 3.63) is 24.0 Å². The molecule has 1 heterocycles. The Labute approximate surface area is 118 Å². The fraction of sp³-hybridized carbons (Fsp3) is 0.467. The minimum absolute atomic E-state index is 0.103. The number of imidazole rings is 1. The van der Waals surface area contributed by atoms with Crippen molar-refractivity contribution in [2.75, 3.05) is 6.61 Å². The molecule has 0 aliphatic heterocycles. The van der Waals surface area contributed by atoms with Crippen LogP contribution in [0.3, 0.4) is 0 Å². The summed E-state index contributed by atoms with van der Waals surface area (Å²) in [7, 11) is 0. The fourth-order valence-electron chi connectivity index (χ4n) is 2.30. The van der Waals surface area contributed by atoms with E-state index in [2.05, 4.69) is 16.5 Å². The standard InChI is InChI=1S/C15H20N2O3/c1-3-9-17-13-6-5-11(20-4-2)10-12(13)16-14(17)7-8-15(18)19/h5-6,10H,3-4,7-9H2,1-2H3,(H,18,19). The Morgan fingerprint density at radius 1 is 1.40 bits per heavy atom. The number of hydrogen-bond acceptors (Lipinski definition) is 3. The lowest BCUT2D eigenvalue weighted by Gasteiger charge is -2.07. The van der Waals surface area contributed by atoms with E-state index >= 15 is 0 Å². The normalized spacial score (nSPS) is 10.9. The third kappa shape index (κ3) is 3.10. The highest BCUT2D eigenvalue weighted by Gasteiger charge is 2.12. The van der Waals surface area contributed by atoms with Gasteiger partial charge < -0.3 is 14.4 Å². The summed E-state index contributed by atoms with van der Waals surface area (Å²) in [6.07, 6.45) is 1.54. The maximum Gasteiger partial charge on any atom is 0.303 e. The highest BCUT2D eigenvalue weighted by atomic mass is 16.5. The van der Waals surface area contributed by atoms with E-state index in [-0.39, 0.29) is 6.42 Å². The molecular formula is C15H20N2O3. The number of hydrogen-bond donors (Lipinski definition) is 1. The van der Waals surface area contributed by atoms with Gasteiger partial charge in [-0.05, 0) is 25.5 Å². The van der Waals surface area contributed by atoms with Crippen LogP contribution in [0.15, 0.2) is 18.2 Å². The molecule has 0 aliphatic rings. The molecule has 0 fully saturated rings. The molecule has 1 aromatic heterocycles. The summed E-state index contributed by atoms with van der Waals surface area (Å²) in [5.41, 5.74) is 1.90. The highest BCUT2D eigenvalue weighted by molar-refractivity contribution is 5.78. The molecule has 0 unspecified atom stereocenters. The molecule has 2 rings (SSSR count). The van der Waals surface area contributed by atoms with Gasteiger partial charge >= 0.3 is 5.97 Å². The maximum atomic E-state index is 10.7. The molecule has 20 heavy (non-hydrogen) atoms. The first-order chi connectivity index (χ1) is 9.65. The van der Waals surface area contributed by atoms with E-state index in [0.717, 1.165) is 35.6 Å². The van der Waals surface area contributed by atoms with Crippen LogP contribution in [0.5, 0.6) is 5.75 Å². The number of carboxylic acid groups (broad SMARTS) is 1. The Hall–Kier alpha value is -2.04. The van der Waals surface area contributed by atoms with Crippen LogP contribution in [-0.4, -0.2) is 27.2 Å². The lowest BCUT2D eigenvalue weighted by molar-refractivity contribution is -0.137. The number of rotatable bonds is 7. The van der Waals surface area contributed by atoms with Crippen molar-refractivity contribution in [2.24, 2.45) is 0 Å². The predicted molar refractivity (Wildman–Crippen MR) is 77.1 cm³/mol. The van der Waals surface area contributed by atoms with E-state index in [9.17, 15) is 4.79 Å². The molecule has 2 aromatic rings. The van der Waals surface area contributed by atoms with E-state index in [1.807, 2.05) is 25.1 Å². The fourth-order valence-corrected chi connectivity index (χ4v) is 2.30. The molecule has 0 spiro atoms. The van der Waals surface area contributed by atoms with Crippen LogP contribution < -0.4 is 4.74 Å². The maximum absolute atomic E-state index is 10.7. The molecule has 0 amide bonds. The third-order valence-electron chi connectivity index (χ3n) is 3.12. The molecule has 0 aliphatic carbocycles. The smallest absolute Gasteiger partial charge is 0.303 e. The summed E-state index contributed by atoms with van der Waals surface area (Å²) < 4.78 is 7.58. The van der Waals surface area contributed by atoms with Gasteiger partial charge in [0.2, 0.25) is 0 Å². The molecular weight excluding hydrogens is 256 g/mol. The zero-order valence-corrected chi connectivity index (χ0v) is 11.9. The number of fused-ring (bicyclic) bond motifs is 1. The molecule has 1 aromatic carbocycles. The minimum atomic E-state index is -0.796. The summed E-state index contributed by atoms with van der Waals surface area (Å²) in [5, 5.41) is 8.83. The van der Waals surface area contributed by atoms with E-state index in [4.69, 9.17) is 9.84 Å². The van der Waals surface area contributed by atoms with Crippen LogP contribution >= 0.6 is 0 Å². The number of ether oxygens (including phenoxy) is 1. The Morgan fingerprint density at radius 3 is 2.85 bits per heavy atom. The van der Waals surface area contributed by atoms with Crippen LogP contribution in [0.25, 0.3) is 11.0 Å². The number of aliphatic carboxylic acids is 1. The first kappa shape index (κ1) is 14.4. The second-order valence-electron chi connectivity index (χ2n) is 4.66. The Morgan fingerprint density at radius 2 is 2.20 bits per heavy atom. The summed E-state index contributed by atoms with van der Waals surface area (Å²) in [6, 6.07) is 5.84. The molecule has 0 bridgehead atoms. The van der Waals surface area contributed by atoms with E-state index < -0.39 is 5.97 Å². The topological polar surface area (TPSA) is 64.4 Å². The van der Waals surface area contributed by atoms with Crippen LogP contribution in [0.1, 0.15) is 32.5 Å². The molecule has 108 valence electrons. The number of aryl methyl sites for hydroxylation is 2. The predicted octanol–water partition coefficient (Wildman–Crippen LogP) is 2.86. The highest BCUT2D eigenvalue weighted by Crippen LogP contribution is 2.23. The molecule has 0 saturated carbocycles. The number of aromatic nitrogens is 2. The van der Waals surface area contributed by atoms with Crippen LogP contribution in [0, 0.1) is 0 Å². The van der Waals surface area contributed by atoms with Crippen molar-refractivity contribution in [1.82, 2.24) is 9.55 Å². The lowest BCUT2D eigenvalue weighted by atomic mass is 10.3. The second kappa shape index (κ2) is 6.41. The van der Waals surface area contributed by atoms with Gasteiger partial charge in [0.15, 0.2) is 0 Å². The van der Waals surface area contributed by atoms with Crippen molar-refractivity contribution in [1.29, 1.82) is 0 Å². The van der Waals surface area contributed by atoms with Gasteiger partial charge in [0.05, 0.1) is 24.1 Å². The van der Waals surface area contributed by atoms with E-state index in [1.165, 1.54) is 0 Å². The van der Waals surface area contributed by atoms with E-state index in [0.29, 0.717) is 13.0 Å². The van der Waals surface area contributed by atoms with Gasteiger partial charge in [-0.15, -0.1) is 0 Å². The summed E-state index contributed by atoms with van der Waals surface area (Å²) in [4.78, 5) is 15.3. The number of carbonyl (C=O) groups is 1. The zero-order chi connectivity index (χ0) is 14.5. The van der Waals surface area contributed by atoms with Crippen molar-refractivity contribution in [3.8, 4) is 5.75 Å². The quantitative estimate of drug-likeness (QED) is 0.844. The van der Waals surface area contributed by atoms with Crippen molar-refractivity contribution >= 4 is 17.0 Å². The van der Waals surface area contributed by atoms with Gasteiger partial charge in [-0.2, -0.15) is 0 Å². The zero-order valence-electron chi connectivity index (χ0n) is 11.9. The Balaban J connectivity index is 2.39. The third-order valence-corrected chi connectivity index (χ3v) is 3.12. The van der Waals surface area contributed by atoms with Crippen LogP contribution in [0.4, 0.5) is 0 Å². The summed E-state index contributed by atoms with van der Waals surface area (Å²) in [5.74, 6) is 0.832. The molecule has 5 nitrogen and oxygen atoms in total. The lowest BCUT2D eigenvalue weighted by Crippen LogP contribution is -2.06. The first-order valence-electron chi connectivity index (χ1n) is 6.99. The van der Waals surface area contributed by atoms with Crippen molar-refractivity contribution in [3.63, 3.8) is 0 Å². The van der Waals surface area contributed by atoms with Crippen molar-refractivity contribution in [2.45, 2.75) is 39.7 Å². The van der Waals surface area contributed by atoms with E-state index in [1.54, 1.807) is 0 Å². The average Bonchev–Trinajstić information content (AvgIpc) is 2.75. The SMILES string of the molecule is CCCn1c(CCC(=O)O)nc2cc(OCC)ccc21. The number of carboxylic acids is 1. The van der Waals surface area contributed by atoms with Gasteiger partial charge in [-0.1, -0.05) is 6.92 Å². The van der Waals surface area contributed by atoms with Gasteiger partial charge in [-0.25, -0.2) is 4.98 Å². The van der Waals surface area contributed by atoms with Gasteiger partial charge in [0, 0.05) is 19.0 Å². The van der Waals surface area contributed by atoms with Crippen LogP contribution in [-0.2, 0) is 17.8 Å². The Bertz CT molecular complexity index is 604. The van der Waals surface area contributed by atoms with Gasteiger partial charge in [0.1, 0.15) is 11.6 Å². The monoisotopic (exact) mass is 276 g/mol. The van der Waals surface area contributed by atoms with Gasteiger partial charge in [-0.3, -0.25) is 4.79 Å². The molecule has 0 radical (unpaired) electrons. The second-order valence-corrected chi connectivity index (χ2v) is 4.66. The summed E-state index contributed by atoms with van der Waals surface area (Å²) >= 11 is 0. The van der Waals surface area contributed by atoms with Gasteiger partial charge in [0.25, 0.3) is 0 Å².